The highest BCUT2D eigenvalue weighted by Gasteiger charge is 1.97. The predicted molar refractivity (Wildman–Crippen MR) is 78.6 cm³/mol. The fourth-order valence-electron chi connectivity index (χ4n) is 1.65. The number of benzene rings is 2. The van der Waals surface area contributed by atoms with Gasteiger partial charge in [0.25, 0.3) is 0 Å². The molecule has 0 atom stereocenters. The molecule has 0 saturated heterocycles. The highest BCUT2D eigenvalue weighted by molar-refractivity contribution is 7.99. The molecule has 19 heavy (non-hydrogen) atoms. The van der Waals surface area contributed by atoms with Crippen LogP contribution in [-0.2, 0) is 0 Å². The molecule has 0 saturated carbocycles. The van der Waals surface area contributed by atoms with E-state index in [1.54, 1.807) is 11.8 Å². The van der Waals surface area contributed by atoms with Gasteiger partial charge in [-0.15, -0.1) is 11.8 Å². The van der Waals surface area contributed by atoms with Crippen molar-refractivity contribution < 1.29 is 4.74 Å². The van der Waals surface area contributed by atoms with Crippen molar-refractivity contribution in [1.82, 2.24) is 0 Å². The first-order valence-electron chi connectivity index (χ1n) is 6.10. The van der Waals surface area contributed by atoms with Gasteiger partial charge in [-0.1, -0.05) is 12.1 Å². The molecule has 2 nitrogen and oxygen atoms in total. The number of thioether (sulfide) groups is 1. The maximum absolute atomic E-state index is 8.71. The molecule has 0 heterocycles. The van der Waals surface area contributed by atoms with Gasteiger partial charge >= 0.3 is 0 Å². The summed E-state index contributed by atoms with van der Waals surface area (Å²) in [6.45, 7) is 2.73. The third kappa shape index (κ3) is 4.35. The highest BCUT2D eigenvalue weighted by Crippen LogP contribution is 2.19. The molecule has 0 aliphatic carbocycles. The second-order valence-electron chi connectivity index (χ2n) is 4.15. The molecule has 0 spiro atoms. The first kappa shape index (κ1) is 13.5. The Kier molecular flexibility index (Phi) is 4.88. The first-order chi connectivity index (χ1) is 9.28. The second-order valence-corrected chi connectivity index (χ2v) is 5.32. The Morgan fingerprint density at radius 1 is 1.16 bits per heavy atom. The van der Waals surface area contributed by atoms with E-state index in [0.717, 1.165) is 16.4 Å². The Labute approximate surface area is 118 Å². The normalized spacial score (nSPS) is 9.89. The average molecular weight is 269 g/mol. The van der Waals surface area contributed by atoms with Gasteiger partial charge < -0.3 is 4.74 Å². The van der Waals surface area contributed by atoms with E-state index in [4.69, 9.17) is 10.00 Å². The number of nitriles is 1. The van der Waals surface area contributed by atoms with Crippen LogP contribution in [0.5, 0.6) is 5.75 Å². The lowest BCUT2D eigenvalue weighted by Crippen LogP contribution is -2.00. The van der Waals surface area contributed by atoms with Crippen molar-refractivity contribution >= 4 is 11.8 Å². The van der Waals surface area contributed by atoms with Crippen LogP contribution in [0.25, 0.3) is 0 Å². The Morgan fingerprint density at radius 2 is 1.95 bits per heavy atom. The summed E-state index contributed by atoms with van der Waals surface area (Å²) in [6.07, 6.45) is 0. The molecular weight excluding hydrogens is 254 g/mol. The van der Waals surface area contributed by atoms with E-state index >= 15 is 0 Å². The summed E-state index contributed by atoms with van der Waals surface area (Å²) < 4.78 is 5.68. The first-order valence-corrected chi connectivity index (χ1v) is 7.09. The fourth-order valence-corrected chi connectivity index (χ4v) is 2.38. The quantitative estimate of drug-likeness (QED) is 0.606. The summed E-state index contributed by atoms with van der Waals surface area (Å²) in [5.41, 5.74) is 1.90. The number of hydrogen-bond acceptors (Lipinski definition) is 3. The van der Waals surface area contributed by atoms with Crippen molar-refractivity contribution in [2.24, 2.45) is 0 Å². The van der Waals surface area contributed by atoms with Gasteiger partial charge in [-0.25, -0.2) is 0 Å². The maximum Gasteiger partial charge on any atom is 0.119 e. The van der Waals surface area contributed by atoms with E-state index in [1.165, 1.54) is 5.56 Å². The molecule has 96 valence electrons. The Balaban J connectivity index is 1.76. The molecule has 0 amide bonds. The van der Waals surface area contributed by atoms with Crippen molar-refractivity contribution in [3.63, 3.8) is 0 Å². The predicted octanol–water partition coefficient (Wildman–Crippen LogP) is 4.04. The second kappa shape index (κ2) is 6.86. The van der Waals surface area contributed by atoms with Crippen molar-refractivity contribution in [1.29, 1.82) is 5.26 Å². The third-order valence-corrected chi connectivity index (χ3v) is 3.57. The van der Waals surface area contributed by atoms with Crippen LogP contribution >= 0.6 is 11.8 Å². The van der Waals surface area contributed by atoms with Crippen molar-refractivity contribution in [2.45, 2.75) is 11.8 Å². The standard InChI is InChI=1S/C16H15NOS/c1-13-3-2-4-15(11-13)18-9-10-19-16-7-5-14(12-17)6-8-16/h2-8,11H,9-10H2,1H3. The minimum absolute atomic E-state index is 0.675. The smallest absolute Gasteiger partial charge is 0.119 e. The molecule has 0 radical (unpaired) electrons. The van der Waals surface area contributed by atoms with E-state index in [2.05, 4.69) is 19.1 Å². The van der Waals surface area contributed by atoms with Gasteiger partial charge in [0.15, 0.2) is 0 Å². The van der Waals surface area contributed by atoms with Gasteiger partial charge in [0.05, 0.1) is 18.2 Å². The molecule has 0 bridgehead atoms. The van der Waals surface area contributed by atoms with Gasteiger partial charge in [0.1, 0.15) is 5.75 Å². The molecule has 0 unspecified atom stereocenters. The van der Waals surface area contributed by atoms with Gasteiger partial charge in [-0.2, -0.15) is 5.26 Å². The highest BCUT2D eigenvalue weighted by atomic mass is 32.2. The van der Waals surface area contributed by atoms with Crippen molar-refractivity contribution in [3.8, 4) is 11.8 Å². The molecular formula is C16H15NOS. The van der Waals surface area contributed by atoms with E-state index in [-0.39, 0.29) is 0 Å². The van der Waals surface area contributed by atoms with Gasteiger partial charge in [0.2, 0.25) is 0 Å². The van der Waals surface area contributed by atoms with E-state index in [9.17, 15) is 0 Å². The lowest BCUT2D eigenvalue weighted by atomic mass is 10.2. The summed E-state index contributed by atoms with van der Waals surface area (Å²) in [5, 5.41) is 8.71. The molecule has 2 rings (SSSR count). The van der Waals surface area contributed by atoms with Gasteiger partial charge in [-0.3, -0.25) is 0 Å². The molecule has 3 heteroatoms. The lowest BCUT2D eigenvalue weighted by molar-refractivity contribution is 0.344. The number of aryl methyl sites for hydroxylation is 1. The molecule has 0 fully saturated rings. The summed E-state index contributed by atoms with van der Waals surface area (Å²) in [5.74, 6) is 1.81. The van der Waals surface area contributed by atoms with Crippen LogP contribution in [0, 0.1) is 18.3 Å². The molecule has 2 aromatic rings. The SMILES string of the molecule is Cc1cccc(OCCSc2ccc(C#N)cc2)c1. The monoisotopic (exact) mass is 269 g/mol. The van der Waals surface area contributed by atoms with Crippen LogP contribution in [0.3, 0.4) is 0 Å². The maximum atomic E-state index is 8.71. The van der Waals surface area contributed by atoms with Crippen LogP contribution in [0.2, 0.25) is 0 Å². The summed E-state index contributed by atoms with van der Waals surface area (Å²) >= 11 is 1.73. The molecule has 0 aliphatic heterocycles. The Hall–Kier alpha value is -1.92. The zero-order chi connectivity index (χ0) is 13.5. The zero-order valence-electron chi connectivity index (χ0n) is 10.8. The number of nitrogens with zero attached hydrogens (tertiary/aromatic N) is 1. The van der Waals surface area contributed by atoms with Crippen LogP contribution < -0.4 is 4.74 Å². The van der Waals surface area contributed by atoms with Crippen LogP contribution in [0.15, 0.2) is 53.4 Å². The molecule has 0 aromatic heterocycles. The van der Waals surface area contributed by atoms with E-state index in [0.29, 0.717) is 12.2 Å². The molecule has 0 aliphatic rings. The number of ether oxygens (including phenoxy) is 1. The summed E-state index contributed by atoms with van der Waals surface area (Å²) in [4.78, 5) is 1.16. The average Bonchev–Trinajstić information content (AvgIpc) is 2.44. The number of rotatable bonds is 5. The number of hydrogen-bond donors (Lipinski definition) is 0. The largest absolute Gasteiger partial charge is 0.493 e. The van der Waals surface area contributed by atoms with Crippen molar-refractivity contribution in [3.05, 3.63) is 59.7 Å². The topological polar surface area (TPSA) is 33.0 Å². The van der Waals surface area contributed by atoms with E-state index in [1.807, 2.05) is 42.5 Å². The van der Waals surface area contributed by atoms with Gasteiger partial charge in [-0.05, 0) is 48.9 Å². The van der Waals surface area contributed by atoms with Crippen LogP contribution in [0.1, 0.15) is 11.1 Å². The minimum atomic E-state index is 0.675. The summed E-state index contributed by atoms with van der Waals surface area (Å²) in [7, 11) is 0. The third-order valence-electron chi connectivity index (χ3n) is 2.59. The minimum Gasteiger partial charge on any atom is -0.493 e. The lowest BCUT2D eigenvalue weighted by Gasteiger charge is -2.06. The van der Waals surface area contributed by atoms with E-state index < -0.39 is 0 Å². The van der Waals surface area contributed by atoms with Crippen LogP contribution in [0.4, 0.5) is 0 Å². The molecule has 2 aromatic carbocycles. The van der Waals surface area contributed by atoms with Crippen molar-refractivity contribution in [2.75, 3.05) is 12.4 Å². The van der Waals surface area contributed by atoms with Crippen LogP contribution in [-0.4, -0.2) is 12.4 Å². The Bertz CT molecular complexity index is 572. The summed E-state index contributed by atoms with van der Waals surface area (Å²) in [6, 6.07) is 17.8. The zero-order valence-corrected chi connectivity index (χ0v) is 11.6. The fraction of sp³-hybridized carbons (Fsp3) is 0.188. The molecule has 0 N–H and O–H groups in total. The van der Waals surface area contributed by atoms with Gasteiger partial charge in [0, 0.05) is 10.6 Å². The Morgan fingerprint density at radius 3 is 2.63 bits per heavy atom.